The molecule has 2 N–H and O–H groups in total. The van der Waals surface area contributed by atoms with Crippen LogP contribution in [-0.4, -0.2) is 61.5 Å². The van der Waals surface area contributed by atoms with Gasteiger partial charge in [-0.1, -0.05) is 11.3 Å². The minimum Gasteiger partial charge on any atom is -0.396 e. The van der Waals surface area contributed by atoms with Gasteiger partial charge in [0, 0.05) is 25.1 Å². The van der Waals surface area contributed by atoms with E-state index in [0.29, 0.717) is 42.4 Å². The van der Waals surface area contributed by atoms with Gasteiger partial charge in [0.15, 0.2) is 0 Å². The molecule has 1 unspecified atom stereocenters. The molecule has 3 aliphatic rings. The summed E-state index contributed by atoms with van der Waals surface area (Å²) < 4.78 is 7.60. The van der Waals surface area contributed by atoms with Crippen LogP contribution in [0.4, 0.5) is 0 Å². The van der Waals surface area contributed by atoms with Gasteiger partial charge in [-0.25, -0.2) is 4.68 Å². The van der Waals surface area contributed by atoms with Gasteiger partial charge in [0.2, 0.25) is 11.8 Å². The first-order chi connectivity index (χ1) is 16.0. The molecule has 2 aliphatic heterocycles. The van der Waals surface area contributed by atoms with E-state index in [0.717, 1.165) is 31.2 Å². The van der Waals surface area contributed by atoms with Gasteiger partial charge in [-0.15, -0.1) is 5.10 Å². The lowest BCUT2D eigenvalue weighted by Gasteiger charge is -2.29. The van der Waals surface area contributed by atoms with E-state index in [9.17, 15) is 19.5 Å². The van der Waals surface area contributed by atoms with Crippen molar-refractivity contribution in [3.8, 4) is 5.69 Å². The predicted molar refractivity (Wildman–Crippen MR) is 115 cm³/mol. The van der Waals surface area contributed by atoms with Crippen molar-refractivity contribution in [2.75, 3.05) is 6.61 Å². The van der Waals surface area contributed by atoms with Gasteiger partial charge in [0.25, 0.3) is 5.91 Å². The fourth-order valence-corrected chi connectivity index (χ4v) is 4.86. The zero-order valence-electron chi connectivity index (χ0n) is 18.3. The largest absolute Gasteiger partial charge is 0.396 e. The summed E-state index contributed by atoms with van der Waals surface area (Å²) in [6.45, 7) is 0.951. The number of rotatable bonds is 6. The maximum atomic E-state index is 13.0. The quantitative estimate of drug-likeness (QED) is 0.627. The Kier molecular flexibility index (Phi) is 5.94. The monoisotopic (exact) mass is 453 g/mol. The molecular formula is C23H27N5O5. The summed E-state index contributed by atoms with van der Waals surface area (Å²) in [5, 5.41) is 20.0. The van der Waals surface area contributed by atoms with E-state index in [1.165, 1.54) is 4.90 Å². The van der Waals surface area contributed by atoms with E-state index >= 15 is 0 Å². The van der Waals surface area contributed by atoms with E-state index in [1.54, 1.807) is 16.9 Å². The zero-order chi connectivity index (χ0) is 22.9. The minimum atomic E-state index is -0.631. The Balaban J connectivity index is 1.23. The fraction of sp³-hybridized carbons (Fsp3) is 0.522. The van der Waals surface area contributed by atoms with Crippen LogP contribution in [0.5, 0.6) is 0 Å². The topological polar surface area (TPSA) is 127 Å². The van der Waals surface area contributed by atoms with E-state index < -0.39 is 11.9 Å². The van der Waals surface area contributed by atoms with Crippen LogP contribution in [0.1, 0.15) is 60.1 Å². The number of fused-ring (bicyclic) bond motifs is 1. The summed E-state index contributed by atoms with van der Waals surface area (Å²) in [5.74, 6) is -0.549. The van der Waals surface area contributed by atoms with Crippen molar-refractivity contribution >= 4 is 17.7 Å². The second-order valence-electron chi connectivity index (χ2n) is 9.03. The summed E-state index contributed by atoms with van der Waals surface area (Å²) in [6.07, 6.45) is 6.37. The third-order valence-electron chi connectivity index (χ3n) is 6.84. The van der Waals surface area contributed by atoms with Crippen LogP contribution < -0.4 is 5.32 Å². The molecule has 1 aromatic heterocycles. The molecule has 1 atom stereocenters. The number of benzene rings is 1. The molecule has 0 bridgehead atoms. The van der Waals surface area contributed by atoms with Gasteiger partial charge in [0.05, 0.1) is 24.6 Å². The molecular weight excluding hydrogens is 426 g/mol. The van der Waals surface area contributed by atoms with Crippen LogP contribution in [0.25, 0.3) is 5.69 Å². The first kappa shape index (κ1) is 21.7. The highest BCUT2D eigenvalue weighted by atomic mass is 16.5. The lowest BCUT2D eigenvalue weighted by atomic mass is 9.88. The third kappa shape index (κ3) is 4.40. The van der Waals surface area contributed by atoms with Crippen LogP contribution in [0.3, 0.4) is 0 Å². The number of aliphatic hydroxyl groups excluding tert-OH is 1. The number of aliphatic hydroxyl groups is 1. The van der Waals surface area contributed by atoms with Gasteiger partial charge in [0.1, 0.15) is 11.7 Å². The van der Waals surface area contributed by atoms with Crippen molar-refractivity contribution in [2.24, 2.45) is 5.92 Å². The van der Waals surface area contributed by atoms with E-state index in [-0.39, 0.29) is 30.9 Å². The van der Waals surface area contributed by atoms with Crippen LogP contribution in [0, 0.1) is 5.92 Å². The normalized spacial score (nSPS) is 25.3. The molecule has 10 heteroatoms. The number of aromatic nitrogens is 3. The SMILES string of the molecule is O=C1CCC(N2Cc3ccc(-n4cc(COC5CCC(CO)CC5)nn4)cc3C2=O)C(=O)N1. The van der Waals surface area contributed by atoms with Crippen LogP contribution in [0.2, 0.25) is 0 Å². The van der Waals surface area contributed by atoms with Crippen molar-refractivity contribution in [1.82, 2.24) is 25.2 Å². The van der Waals surface area contributed by atoms with E-state index in [4.69, 9.17) is 4.74 Å². The molecule has 1 aromatic carbocycles. The molecule has 3 heterocycles. The number of carbonyl (C=O) groups is 3. The maximum absolute atomic E-state index is 13.0. The first-order valence-electron chi connectivity index (χ1n) is 11.4. The Hall–Kier alpha value is -3.11. The maximum Gasteiger partial charge on any atom is 0.255 e. The zero-order valence-corrected chi connectivity index (χ0v) is 18.3. The highest BCUT2D eigenvalue weighted by Gasteiger charge is 2.39. The molecule has 3 amide bonds. The van der Waals surface area contributed by atoms with E-state index in [1.807, 2.05) is 12.1 Å². The smallest absolute Gasteiger partial charge is 0.255 e. The second kappa shape index (κ2) is 9.03. The number of hydrogen-bond acceptors (Lipinski definition) is 7. The number of hydrogen-bond donors (Lipinski definition) is 2. The molecule has 0 radical (unpaired) electrons. The summed E-state index contributed by atoms with van der Waals surface area (Å²) in [5.41, 5.74) is 2.78. The lowest BCUT2D eigenvalue weighted by molar-refractivity contribution is -0.136. The average molecular weight is 453 g/mol. The molecule has 1 saturated heterocycles. The number of amides is 3. The molecule has 174 valence electrons. The van der Waals surface area contributed by atoms with Crippen LogP contribution in [-0.2, 0) is 27.5 Å². The van der Waals surface area contributed by atoms with Crippen LogP contribution in [0.15, 0.2) is 24.4 Å². The Morgan fingerprint density at radius 3 is 2.70 bits per heavy atom. The standard InChI is InChI=1S/C23H27N5O5/c29-12-14-1-5-18(6-2-14)33-13-16-11-28(26-25-16)17-4-3-15-10-27(23(32)19(15)9-17)20-7-8-21(30)24-22(20)31/h3-4,9,11,14,18,20,29H,1-2,5-8,10,12-13H2,(H,24,30,31). The number of nitrogens with zero attached hydrogens (tertiary/aromatic N) is 4. The van der Waals surface area contributed by atoms with Crippen molar-refractivity contribution in [3.05, 3.63) is 41.2 Å². The number of carbonyl (C=O) groups excluding carboxylic acids is 3. The third-order valence-corrected chi connectivity index (χ3v) is 6.84. The van der Waals surface area contributed by atoms with Crippen molar-refractivity contribution in [3.63, 3.8) is 0 Å². The fourth-order valence-electron chi connectivity index (χ4n) is 4.86. The number of ether oxygens (including phenoxy) is 1. The van der Waals surface area contributed by atoms with Crippen molar-refractivity contribution in [2.45, 2.75) is 63.8 Å². The first-order valence-corrected chi connectivity index (χ1v) is 11.4. The lowest BCUT2D eigenvalue weighted by Crippen LogP contribution is -2.52. The predicted octanol–water partition coefficient (Wildman–Crippen LogP) is 1.10. The molecule has 10 nitrogen and oxygen atoms in total. The summed E-state index contributed by atoms with van der Waals surface area (Å²) in [6, 6.07) is 4.87. The molecule has 2 aromatic rings. The Morgan fingerprint density at radius 2 is 1.94 bits per heavy atom. The van der Waals surface area contributed by atoms with Crippen molar-refractivity contribution < 1.29 is 24.2 Å². The van der Waals surface area contributed by atoms with Gasteiger partial charge < -0.3 is 14.7 Å². The minimum absolute atomic E-state index is 0.175. The molecule has 33 heavy (non-hydrogen) atoms. The Morgan fingerprint density at radius 1 is 1.12 bits per heavy atom. The Bertz CT molecular complexity index is 1070. The number of imide groups is 1. The van der Waals surface area contributed by atoms with Gasteiger partial charge in [-0.05, 0) is 55.7 Å². The Labute approximate surface area is 190 Å². The second-order valence-corrected chi connectivity index (χ2v) is 9.03. The van der Waals surface area contributed by atoms with E-state index in [2.05, 4.69) is 15.6 Å². The van der Waals surface area contributed by atoms with Gasteiger partial charge >= 0.3 is 0 Å². The molecule has 1 saturated carbocycles. The summed E-state index contributed by atoms with van der Waals surface area (Å²) >= 11 is 0. The summed E-state index contributed by atoms with van der Waals surface area (Å²) in [7, 11) is 0. The average Bonchev–Trinajstić information content (AvgIpc) is 3.43. The highest BCUT2D eigenvalue weighted by Crippen LogP contribution is 2.29. The molecule has 2 fully saturated rings. The summed E-state index contributed by atoms with van der Waals surface area (Å²) in [4.78, 5) is 38.2. The molecule has 5 rings (SSSR count). The molecule has 0 spiro atoms. The van der Waals surface area contributed by atoms with Gasteiger partial charge in [-0.2, -0.15) is 0 Å². The van der Waals surface area contributed by atoms with Crippen LogP contribution >= 0.6 is 0 Å². The van der Waals surface area contributed by atoms with Crippen molar-refractivity contribution in [1.29, 1.82) is 0 Å². The molecule has 1 aliphatic carbocycles. The highest BCUT2D eigenvalue weighted by molar-refractivity contribution is 6.05. The van der Waals surface area contributed by atoms with Gasteiger partial charge in [-0.3, -0.25) is 19.7 Å². The number of piperidine rings is 1. The number of nitrogens with one attached hydrogen (secondary N) is 1.